The highest BCUT2D eigenvalue weighted by atomic mass is 16.4. The molecule has 0 saturated carbocycles. The van der Waals surface area contributed by atoms with Crippen molar-refractivity contribution in [2.45, 2.75) is 12.2 Å². The summed E-state index contributed by atoms with van der Waals surface area (Å²) in [5.41, 5.74) is 11.7. The minimum atomic E-state index is -1.04. The van der Waals surface area contributed by atoms with Gasteiger partial charge in [0.25, 0.3) is 0 Å². The summed E-state index contributed by atoms with van der Waals surface area (Å²) in [4.78, 5) is 0. The molecular formula is C10H15N3O3. The van der Waals surface area contributed by atoms with Crippen LogP contribution in [-0.4, -0.2) is 33.9 Å². The van der Waals surface area contributed by atoms with Gasteiger partial charge >= 0.3 is 0 Å². The van der Waals surface area contributed by atoms with E-state index >= 15 is 0 Å². The van der Waals surface area contributed by atoms with Crippen LogP contribution in [0.3, 0.4) is 0 Å². The Labute approximate surface area is 92.8 Å². The lowest BCUT2D eigenvalue weighted by atomic mass is 10.0. The lowest BCUT2D eigenvalue weighted by Gasteiger charge is -2.16. The quantitative estimate of drug-likeness (QED) is 0.197. The van der Waals surface area contributed by atoms with Crippen molar-refractivity contribution < 1.29 is 15.4 Å². The molecule has 0 heterocycles. The molecule has 88 valence electrons. The van der Waals surface area contributed by atoms with Gasteiger partial charge in [-0.25, -0.2) is 0 Å². The molecule has 6 nitrogen and oxygen atoms in total. The van der Waals surface area contributed by atoms with Gasteiger partial charge in [0, 0.05) is 12.1 Å². The van der Waals surface area contributed by atoms with Gasteiger partial charge in [-0.1, -0.05) is 29.4 Å². The predicted molar refractivity (Wildman–Crippen MR) is 59.0 cm³/mol. The van der Waals surface area contributed by atoms with Crippen molar-refractivity contribution in [2.24, 2.45) is 16.6 Å². The fraction of sp³-hybridized carbons (Fsp3) is 0.300. The number of nitrogens with zero attached hydrogens (tertiary/aromatic N) is 1. The molecule has 16 heavy (non-hydrogen) atoms. The van der Waals surface area contributed by atoms with Gasteiger partial charge < -0.3 is 26.9 Å². The Hall–Kier alpha value is -1.63. The highest BCUT2D eigenvalue weighted by Crippen LogP contribution is 2.16. The zero-order chi connectivity index (χ0) is 12.1. The van der Waals surface area contributed by atoms with Gasteiger partial charge in [0.15, 0.2) is 5.84 Å². The van der Waals surface area contributed by atoms with Crippen LogP contribution < -0.4 is 11.5 Å². The molecular weight excluding hydrogens is 210 g/mol. The molecule has 2 unspecified atom stereocenters. The van der Waals surface area contributed by atoms with Gasteiger partial charge in [0.1, 0.15) is 6.10 Å². The molecule has 7 N–H and O–H groups in total. The number of hydrogen-bond acceptors (Lipinski definition) is 5. The third kappa shape index (κ3) is 2.69. The molecule has 0 aromatic heterocycles. The first-order chi connectivity index (χ1) is 7.60. The van der Waals surface area contributed by atoms with Crippen LogP contribution in [0.2, 0.25) is 0 Å². The maximum absolute atomic E-state index is 9.63. The van der Waals surface area contributed by atoms with Crippen molar-refractivity contribution in [2.75, 3.05) is 6.54 Å². The molecule has 2 atom stereocenters. The van der Waals surface area contributed by atoms with Crippen molar-refractivity contribution in [3.8, 4) is 0 Å². The molecule has 0 aliphatic heterocycles. The second-order valence-electron chi connectivity index (χ2n) is 3.36. The first-order valence-corrected chi connectivity index (χ1v) is 4.74. The van der Waals surface area contributed by atoms with Gasteiger partial charge in [-0.05, 0) is 5.56 Å². The average molecular weight is 225 g/mol. The summed E-state index contributed by atoms with van der Waals surface area (Å²) in [6.07, 6.45) is -2.04. The van der Waals surface area contributed by atoms with E-state index in [-0.39, 0.29) is 12.4 Å². The Morgan fingerprint density at radius 3 is 2.25 bits per heavy atom. The summed E-state index contributed by atoms with van der Waals surface area (Å²) in [6.45, 7) is -0.0246. The number of oxime groups is 1. The van der Waals surface area contributed by atoms with E-state index in [0.29, 0.717) is 11.1 Å². The molecule has 1 aromatic carbocycles. The SMILES string of the molecule is NCC(O)C(O)c1ccc(C(N)=NO)cc1. The number of nitrogens with two attached hydrogens (primary N) is 2. The third-order valence-corrected chi connectivity index (χ3v) is 2.26. The van der Waals surface area contributed by atoms with Gasteiger partial charge in [0.2, 0.25) is 0 Å². The maximum atomic E-state index is 9.63. The molecule has 1 aromatic rings. The van der Waals surface area contributed by atoms with Crippen LogP contribution in [0.25, 0.3) is 0 Å². The summed E-state index contributed by atoms with van der Waals surface area (Å²) in [5, 5.41) is 30.3. The number of aliphatic hydroxyl groups excluding tert-OH is 2. The lowest BCUT2D eigenvalue weighted by molar-refractivity contribution is 0.0243. The zero-order valence-corrected chi connectivity index (χ0v) is 8.61. The molecule has 0 bridgehead atoms. The van der Waals surface area contributed by atoms with E-state index in [1.807, 2.05) is 0 Å². The molecule has 0 saturated heterocycles. The highest BCUT2D eigenvalue weighted by Gasteiger charge is 2.16. The van der Waals surface area contributed by atoms with Crippen LogP contribution in [0.1, 0.15) is 17.2 Å². The zero-order valence-electron chi connectivity index (χ0n) is 8.61. The number of benzene rings is 1. The summed E-state index contributed by atoms with van der Waals surface area (Å²) in [6, 6.07) is 6.32. The number of rotatable bonds is 4. The third-order valence-electron chi connectivity index (χ3n) is 2.26. The molecule has 6 heteroatoms. The monoisotopic (exact) mass is 225 g/mol. The van der Waals surface area contributed by atoms with Crippen molar-refractivity contribution in [1.29, 1.82) is 0 Å². The Bertz CT molecular complexity index is 364. The smallest absolute Gasteiger partial charge is 0.170 e. The van der Waals surface area contributed by atoms with E-state index in [1.54, 1.807) is 24.3 Å². The summed E-state index contributed by atoms with van der Waals surface area (Å²) in [7, 11) is 0. The first-order valence-electron chi connectivity index (χ1n) is 4.74. The minimum absolute atomic E-state index is 0.0135. The van der Waals surface area contributed by atoms with E-state index in [0.717, 1.165) is 0 Å². The Balaban J connectivity index is 2.86. The molecule has 0 fully saturated rings. The summed E-state index contributed by atoms with van der Waals surface area (Å²) >= 11 is 0. The van der Waals surface area contributed by atoms with E-state index in [2.05, 4.69) is 5.16 Å². The van der Waals surface area contributed by atoms with Crippen molar-refractivity contribution in [3.05, 3.63) is 35.4 Å². The largest absolute Gasteiger partial charge is 0.409 e. The summed E-state index contributed by atoms with van der Waals surface area (Å²) in [5.74, 6) is -0.0135. The van der Waals surface area contributed by atoms with Crippen LogP contribution in [0.4, 0.5) is 0 Å². The summed E-state index contributed by atoms with van der Waals surface area (Å²) < 4.78 is 0. The topological polar surface area (TPSA) is 125 Å². The maximum Gasteiger partial charge on any atom is 0.170 e. The van der Waals surface area contributed by atoms with Crippen LogP contribution in [-0.2, 0) is 0 Å². The van der Waals surface area contributed by atoms with E-state index in [1.165, 1.54) is 0 Å². The van der Waals surface area contributed by atoms with E-state index in [9.17, 15) is 10.2 Å². The molecule has 0 aliphatic carbocycles. The minimum Gasteiger partial charge on any atom is -0.409 e. The van der Waals surface area contributed by atoms with Crippen molar-refractivity contribution in [1.82, 2.24) is 0 Å². The van der Waals surface area contributed by atoms with Crippen LogP contribution in [0.5, 0.6) is 0 Å². The normalized spacial score (nSPS) is 15.8. The Morgan fingerprint density at radius 2 is 1.81 bits per heavy atom. The molecule has 0 aliphatic rings. The molecule has 0 amide bonds. The van der Waals surface area contributed by atoms with Crippen molar-refractivity contribution >= 4 is 5.84 Å². The highest BCUT2D eigenvalue weighted by molar-refractivity contribution is 5.96. The second kappa shape index (κ2) is 5.45. The van der Waals surface area contributed by atoms with Crippen LogP contribution in [0, 0.1) is 0 Å². The fourth-order valence-corrected chi connectivity index (χ4v) is 1.26. The van der Waals surface area contributed by atoms with Crippen LogP contribution >= 0.6 is 0 Å². The van der Waals surface area contributed by atoms with Gasteiger partial charge in [-0.15, -0.1) is 0 Å². The van der Waals surface area contributed by atoms with E-state index in [4.69, 9.17) is 16.7 Å². The van der Waals surface area contributed by atoms with Crippen molar-refractivity contribution in [3.63, 3.8) is 0 Å². The number of hydrogen-bond donors (Lipinski definition) is 5. The standard InChI is InChI=1S/C10H15N3O3/c11-5-8(14)9(15)6-1-3-7(4-2-6)10(12)13-16/h1-4,8-9,14-16H,5,11H2,(H2,12,13). The van der Waals surface area contributed by atoms with Gasteiger partial charge in [-0.3, -0.25) is 0 Å². The second-order valence-corrected chi connectivity index (χ2v) is 3.36. The van der Waals surface area contributed by atoms with E-state index < -0.39 is 12.2 Å². The average Bonchev–Trinajstić information content (AvgIpc) is 2.36. The Kier molecular flexibility index (Phi) is 4.24. The molecule has 0 spiro atoms. The molecule has 0 radical (unpaired) electrons. The molecule has 1 rings (SSSR count). The number of amidine groups is 1. The lowest BCUT2D eigenvalue weighted by Crippen LogP contribution is -2.27. The first kappa shape index (κ1) is 12.4. The number of aliphatic hydroxyl groups is 2. The van der Waals surface area contributed by atoms with Gasteiger partial charge in [-0.2, -0.15) is 0 Å². The van der Waals surface area contributed by atoms with Gasteiger partial charge in [0.05, 0.1) is 6.10 Å². The van der Waals surface area contributed by atoms with Crippen LogP contribution in [0.15, 0.2) is 29.4 Å². The Morgan fingerprint density at radius 1 is 1.25 bits per heavy atom. The fourth-order valence-electron chi connectivity index (χ4n) is 1.26. The predicted octanol–water partition coefficient (Wildman–Crippen LogP) is -0.866.